The van der Waals surface area contributed by atoms with Crippen molar-refractivity contribution >= 4 is 0 Å². The van der Waals surface area contributed by atoms with Crippen LogP contribution in [0.25, 0.3) is 0 Å². The fourth-order valence-corrected chi connectivity index (χ4v) is 3.35. The summed E-state index contributed by atoms with van der Waals surface area (Å²) in [7, 11) is 1.69. The van der Waals surface area contributed by atoms with Gasteiger partial charge in [-0.05, 0) is 55.4 Å². The Balaban J connectivity index is 1.99. The predicted molar refractivity (Wildman–Crippen MR) is 117 cm³/mol. The molecule has 0 aliphatic carbocycles. The lowest BCUT2D eigenvalue weighted by Gasteiger charge is -2.22. The second-order valence-electron chi connectivity index (χ2n) is 8.02. The van der Waals surface area contributed by atoms with Crippen molar-refractivity contribution in [3.63, 3.8) is 0 Å². The van der Waals surface area contributed by atoms with E-state index in [-0.39, 0.29) is 6.29 Å². The molecular formula is C25H36O3. The van der Waals surface area contributed by atoms with Crippen LogP contribution in [0.15, 0.2) is 36.4 Å². The average Bonchev–Trinajstić information content (AvgIpc) is 2.65. The molecule has 0 radical (unpaired) electrons. The van der Waals surface area contributed by atoms with Crippen LogP contribution in [0.4, 0.5) is 0 Å². The highest BCUT2D eigenvalue weighted by molar-refractivity contribution is 5.44. The van der Waals surface area contributed by atoms with E-state index >= 15 is 0 Å². The van der Waals surface area contributed by atoms with Gasteiger partial charge in [0.05, 0.1) is 13.7 Å². The molecule has 0 saturated heterocycles. The minimum Gasteiger partial charge on any atom is -0.493 e. The molecule has 0 heterocycles. The number of methoxy groups -OCH3 is 1. The fraction of sp³-hybridized carbons (Fsp3) is 0.520. The number of hydrogen-bond donors (Lipinski definition) is 0. The normalized spacial score (nSPS) is 13.4. The Morgan fingerprint density at radius 3 is 2.14 bits per heavy atom. The molecule has 28 heavy (non-hydrogen) atoms. The third-order valence-electron chi connectivity index (χ3n) is 5.28. The zero-order valence-corrected chi connectivity index (χ0v) is 18.5. The van der Waals surface area contributed by atoms with Crippen molar-refractivity contribution in [2.24, 2.45) is 5.92 Å². The van der Waals surface area contributed by atoms with Gasteiger partial charge in [-0.1, -0.05) is 63.1 Å². The van der Waals surface area contributed by atoms with Crippen LogP contribution in [0.1, 0.15) is 62.3 Å². The molecule has 0 aromatic heterocycles. The quantitative estimate of drug-likeness (QED) is 0.441. The molecule has 3 nitrogen and oxygen atoms in total. The fourth-order valence-electron chi connectivity index (χ4n) is 3.35. The van der Waals surface area contributed by atoms with Gasteiger partial charge in [-0.15, -0.1) is 0 Å². The summed E-state index contributed by atoms with van der Waals surface area (Å²) in [6.45, 7) is 13.7. The molecule has 154 valence electrons. The van der Waals surface area contributed by atoms with Crippen LogP contribution < -0.4 is 9.47 Å². The molecule has 0 amide bonds. The molecule has 2 aromatic rings. The predicted octanol–water partition coefficient (Wildman–Crippen LogP) is 6.45. The summed E-state index contributed by atoms with van der Waals surface area (Å²) in [5.74, 6) is 2.55. The standard InChI is InChI=1S/C25H36O3/c1-8-25(27-12-11-21-14-18(4)13-19(5)15-21)28-23-10-9-22(16-24(23)26-7)20(6)17(2)3/h9-10,13-17,20,25H,8,11-12H2,1-7H3. The van der Waals surface area contributed by atoms with Gasteiger partial charge < -0.3 is 14.2 Å². The van der Waals surface area contributed by atoms with Crippen molar-refractivity contribution < 1.29 is 14.2 Å². The minimum atomic E-state index is -0.284. The smallest absolute Gasteiger partial charge is 0.199 e. The first-order valence-corrected chi connectivity index (χ1v) is 10.4. The molecule has 0 aliphatic rings. The van der Waals surface area contributed by atoms with E-state index in [1.807, 2.05) is 6.07 Å². The van der Waals surface area contributed by atoms with Crippen LogP contribution in [0, 0.1) is 19.8 Å². The lowest BCUT2D eigenvalue weighted by Crippen LogP contribution is -2.21. The zero-order chi connectivity index (χ0) is 20.7. The first-order chi connectivity index (χ1) is 13.3. The molecule has 0 fully saturated rings. The van der Waals surface area contributed by atoms with Gasteiger partial charge in [-0.25, -0.2) is 0 Å². The number of benzene rings is 2. The van der Waals surface area contributed by atoms with Gasteiger partial charge in [0.1, 0.15) is 0 Å². The maximum Gasteiger partial charge on any atom is 0.199 e. The Bertz CT molecular complexity index is 731. The van der Waals surface area contributed by atoms with Gasteiger partial charge >= 0.3 is 0 Å². The molecule has 2 atom stereocenters. The van der Waals surface area contributed by atoms with Crippen LogP contribution >= 0.6 is 0 Å². The number of ether oxygens (including phenoxy) is 3. The summed E-state index contributed by atoms with van der Waals surface area (Å²) < 4.78 is 17.7. The van der Waals surface area contributed by atoms with E-state index in [4.69, 9.17) is 14.2 Å². The van der Waals surface area contributed by atoms with Crippen LogP contribution in [-0.2, 0) is 11.2 Å². The maximum atomic E-state index is 6.12. The topological polar surface area (TPSA) is 27.7 Å². The van der Waals surface area contributed by atoms with E-state index in [1.165, 1.54) is 22.3 Å². The van der Waals surface area contributed by atoms with Crippen LogP contribution in [0.2, 0.25) is 0 Å². The Hall–Kier alpha value is -2.00. The molecule has 2 rings (SSSR count). The largest absolute Gasteiger partial charge is 0.493 e. The summed E-state index contributed by atoms with van der Waals surface area (Å²) in [5.41, 5.74) is 5.15. The van der Waals surface area contributed by atoms with Crippen LogP contribution in [-0.4, -0.2) is 20.0 Å². The number of aryl methyl sites for hydroxylation is 2. The highest BCUT2D eigenvalue weighted by Crippen LogP contribution is 2.34. The van der Waals surface area contributed by atoms with Gasteiger partial charge in [-0.2, -0.15) is 0 Å². The summed E-state index contributed by atoms with van der Waals surface area (Å²) >= 11 is 0. The van der Waals surface area contributed by atoms with Crippen molar-refractivity contribution in [3.8, 4) is 11.5 Å². The van der Waals surface area contributed by atoms with Crippen molar-refractivity contribution in [1.29, 1.82) is 0 Å². The lowest BCUT2D eigenvalue weighted by molar-refractivity contribution is -0.0813. The zero-order valence-electron chi connectivity index (χ0n) is 18.5. The Morgan fingerprint density at radius 2 is 1.57 bits per heavy atom. The summed E-state index contributed by atoms with van der Waals surface area (Å²) in [6, 6.07) is 12.8. The lowest BCUT2D eigenvalue weighted by atomic mass is 9.90. The molecule has 0 saturated carbocycles. The van der Waals surface area contributed by atoms with Gasteiger partial charge in [0.15, 0.2) is 17.8 Å². The molecule has 0 aliphatic heterocycles. The molecule has 0 spiro atoms. The SMILES string of the molecule is CCC(OCCc1cc(C)cc(C)c1)Oc1ccc(C(C)C(C)C)cc1OC. The first kappa shape index (κ1) is 22.3. The minimum absolute atomic E-state index is 0.284. The molecule has 0 N–H and O–H groups in total. The van der Waals surface area contributed by atoms with E-state index in [9.17, 15) is 0 Å². The molecule has 0 bridgehead atoms. The van der Waals surface area contributed by atoms with Crippen molar-refractivity contribution in [2.75, 3.05) is 13.7 Å². The van der Waals surface area contributed by atoms with E-state index < -0.39 is 0 Å². The summed E-state index contributed by atoms with van der Waals surface area (Å²) in [5, 5.41) is 0. The van der Waals surface area contributed by atoms with Gasteiger partial charge in [0, 0.05) is 6.42 Å². The van der Waals surface area contributed by atoms with Gasteiger partial charge in [0.25, 0.3) is 0 Å². The summed E-state index contributed by atoms with van der Waals surface area (Å²) in [4.78, 5) is 0. The second kappa shape index (κ2) is 10.5. The van der Waals surface area contributed by atoms with Crippen LogP contribution in [0.3, 0.4) is 0 Å². The highest BCUT2D eigenvalue weighted by atomic mass is 16.7. The first-order valence-electron chi connectivity index (χ1n) is 10.4. The van der Waals surface area contributed by atoms with Gasteiger partial charge in [0.2, 0.25) is 0 Å². The number of hydrogen-bond acceptors (Lipinski definition) is 3. The Kier molecular flexibility index (Phi) is 8.37. The third-order valence-corrected chi connectivity index (χ3v) is 5.28. The van der Waals surface area contributed by atoms with E-state index in [2.05, 4.69) is 71.9 Å². The van der Waals surface area contributed by atoms with E-state index in [0.29, 0.717) is 18.4 Å². The molecular weight excluding hydrogens is 348 g/mol. The summed E-state index contributed by atoms with van der Waals surface area (Å²) in [6.07, 6.45) is 1.37. The molecule has 3 heteroatoms. The monoisotopic (exact) mass is 384 g/mol. The van der Waals surface area contributed by atoms with E-state index in [0.717, 1.165) is 24.3 Å². The van der Waals surface area contributed by atoms with Crippen LogP contribution in [0.5, 0.6) is 11.5 Å². The molecule has 2 unspecified atom stereocenters. The second-order valence-corrected chi connectivity index (χ2v) is 8.02. The van der Waals surface area contributed by atoms with Crippen molar-refractivity contribution in [2.45, 2.75) is 66.6 Å². The van der Waals surface area contributed by atoms with E-state index in [1.54, 1.807) is 7.11 Å². The van der Waals surface area contributed by atoms with Gasteiger partial charge in [-0.3, -0.25) is 0 Å². The highest BCUT2D eigenvalue weighted by Gasteiger charge is 2.16. The van der Waals surface area contributed by atoms with Crippen molar-refractivity contribution in [1.82, 2.24) is 0 Å². The maximum absolute atomic E-state index is 6.12. The molecule has 2 aromatic carbocycles. The number of rotatable bonds is 10. The Labute approximate surface area is 171 Å². The van der Waals surface area contributed by atoms with Crippen molar-refractivity contribution in [3.05, 3.63) is 58.7 Å². The average molecular weight is 385 g/mol. The Morgan fingerprint density at radius 1 is 0.893 bits per heavy atom. The third kappa shape index (κ3) is 6.27.